The molecule has 0 N–H and O–H groups in total. The molecule has 0 saturated carbocycles. The lowest BCUT2D eigenvalue weighted by molar-refractivity contribution is 0.474. The van der Waals surface area contributed by atoms with Crippen molar-refractivity contribution in [2.75, 3.05) is 0 Å². The van der Waals surface area contributed by atoms with Crippen LogP contribution in [0.15, 0.2) is 17.3 Å². The molecule has 1 aliphatic heterocycles. The van der Waals surface area contributed by atoms with Gasteiger partial charge in [-0.1, -0.05) is 0 Å². The van der Waals surface area contributed by atoms with E-state index in [4.69, 9.17) is 11.8 Å². The zero-order chi connectivity index (χ0) is 5.98. The molecule has 2 nitrogen and oxygen atoms in total. The zero-order valence-corrected chi connectivity index (χ0v) is 5.34. The van der Waals surface area contributed by atoms with Gasteiger partial charge in [-0.3, -0.25) is 9.41 Å². The second-order valence-corrected chi connectivity index (χ2v) is 2.01. The van der Waals surface area contributed by atoms with Gasteiger partial charge in [0.2, 0.25) is 0 Å². The molecule has 0 aliphatic carbocycles. The first-order chi connectivity index (χ1) is 3.80. The van der Waals surface area contributed by atoms with Gasteiger partial charge in [0.1, 0.15) is 6.17 Å². The van der Waals surface area contributed by atoms with E-state index in [9.17, 15) is 0 Å². The van der Waals surface area contributed by atoms with Crippen molar-refractivity contribution in [1.29, 1.82) is 0 Å². The van der Waals surface area contributed by atoms with Gasteiger partial charge in [0.25, 0.3) is 0 Å². The predicted molar refractivity (Wildman–Crippen MR) is 34.8 cm³/mol. The summed E-state index contributed by atoms with van der Waals surface area (Å²) in [4.78, 5) is 3.99. The summed E-state index contributed by atoms with van der Waals surface area (Å²) in [7, 11) is 0. The van der Waals surface area contributed by atoms with Gasteiger partial charge < -0.3 is 0 Å². The van der Waals surface area contributed by atoms with Crippen molar-refractivity contribution in [3.8, 4) is 0 Å². The molecule has 0 spiro atoms. The minimum absolute atomic E-state index is 0.0849. The van der Waals surface area contributed by atoms with E-state index in [-0.39, 0.29) is 6.17 Å². The fourth-order valence-corrected chi connectivity index (χ4v) is 0.599. The second-order valence-electron chi connectivity index (χ2n) is 1.62. The molecule has 0 bridgehead atoms. The molecule has 1 aliphatic rings. The molecular formula is C5H7ClN2. The van der Waals surface area contributed by atoms with Crippen molar-refractivity contribution >= 4 is 18.0 Å². The smallest absolute Gasteiger partial charge is 0.132 e. The summed E-state index contributed by atoms with van der Waals surface area (Å²) < 4.78 is 1.53. The van der Waals surface area contributed by atoms with E-state index in [1.54, 1.807) is 18.5 Å². The van der Waals surface area contributed by atoms with Crippen molar-refractivity contribution in [2.45, 2.75) is 13.1 Å². The normalized spacial score (nSPS) is 26.8. The van der Waals surface area contributed by atoms with Gasteiger partial charge in [-0.25, -0.2) is 0 Å². The average Bonchev–Trinajstić information content (AvgIpc) is 1.77. The van der Waals surface area contributed by atoms with Gasteiger partial charge in [-0.2, -0.15) is 0 Å². The maximum atomic E-state index is 5.60. The van der Waals surface area contributed by atoms with Gasteiger partial charge in [0.05, 0.1) is 0 Å². The van der Waals surface area contributed by atoms with Crippen LogP contribution in [0.25, 0.3) is 0 Å². The van der Waals surface area contributed by atoms with Crippen LogP contribution in [-0.2, 0) is 0 Å². The molecule has 0 saturated heterocycles. The molecule has 0 fully saturated rings. The summed E-state index contributed by atoms with van der Waals surface area (Å²) in [6.07, 6.45) is 5.40. The van der Waals surface area contributed by atoms with Crippen molar-refractivity contribution < 1.29 is 0 Å². The Hall–Kier alpha value is -0.500. The molecule has 44 valence electrons. The lowest BCUT2D eigenvalue weighted by Gasteiger charge is -2.16. The summed E-state index contributed by atoms with van der Waals surface area (Å²) in [6.45, 7) is 1.92. The van der Waals surface area contributed by atoms with Crippen LogP contribution in [0.1, 0.15) is 6.92 Å². The molecule has 1 heterocycles. The van der Waals surface area contributed by atoms with E-state index >= 15 is 0 Å². The molecule has 0 aromatic rings. The summed E-state index contributed by atoms with van der Waals surface area (Å²) in [5.74, 6) is 0. The van der Waals surface area contributed by atoms with Crippen LogP contribution in [0.5, 0.6) is 0 Å². The van der Waals surface area contributed by atoms with Gasteiger partial charge in [-0.05, 0) is 13.0 Å². The summed E-state index contributed by atoms with van der Waals surface area (Å²) in [5.41, 5.74) is 0. The van der Waals surface area contributed by atoms with E-state index in [1.165, 1.54) is 4.42 Å². The first-order valence-electron chi connectivity index (χ1n) is 2.45. The number of aliphatic imine (C=N–C) groups is 1. The van der Waals surface area contributed by atoms with Crippen molar-refractivity contribution in [1.82, 2.24) is 4.42 Å². The Morgan fingerprint density at radius 3 is 2.88 bits per heavy atom. The molecule has 0 radical (unpaired) electrons. The quantitative estimate of drug-likeness (QED) is 0.453. The molecule has 0 amide bonds. The van der Waals surface area contributed by atoms with E-state index < -0.39 is 0 Å². The number of hydrogen-bond donors (Lipinski definition) is 0. The number of nitrogens with zero attached hydrogens (tertiary/aromatic N) is 2. The number of allylic oxidation sites excluding steroid dienone is 1. The minimum Gasteiger partial charge on any atom is -0.269 e. The molecular weight excluding hydrogens is 124 g/mol. The predicted octanol–water partition coefficient (Wildman–Crippen LogP) is 1.39. The largest absolute Gasteiger partial charge is 0.269 e. The first kappa shape index (κ1) is 5.63. The van der Waals surface area contributed by atoms with E-state index in [0.29, 0.717) is 0 Å². The molecule has 0 aromatic carbocycles. The third-order valence-electron chi connectivity index (χ3n) is 0.973. The molecule has 1 atom stereocenters. The number of halogens is 1. The monoisotopic (exact) mass is 130 g/mol. The summed E-state index contributed by atoms with van der Waals surface area (Å²) in [6, 6.07) is 0. The lowest BCUT2D eigenvalue weighted by Crippen LogP contribution is -2.18. The van der Waals surface area contributed by atoms with Gasteiger partial charge in [-0.15, -0.1) is 0 Å². The van der Waals surface area contributed by atoms with Crippen molar-refractivity contribution in [3.05, 3.63) is 12.3 Å². The topological polar surface area (TPSA) is 15.6 Å². The lowest BCUT2D eigenvalue weighted by atomic mass is 10.5. The molecule has 3 heteroatoms. The number of hydrogen-bond acceptors (Lipinski definition) is 2. The summed E-state index contributed by atoms with van der Waals surface area (Å²) in [5, 5.41) is 0. The van der Waals surface area contributed by atoms with Crippen LogP contribution < -0.4 is 0 Å². The summed E-state index contributed by atoms with van der Waals surface area (Å²) >= 11 is 5.60. The Morgan fingerprint density at radius 2 is 2.50 bits per heavy atom. The van der Waals surface area contributed by atoms with Crippen molar-refractivity contribution in [3.63, 3.8) is 0 Å². The van der Waals surface area contributed by atoms with Crippen LogP contribution in [0.4, 0.5) is 0 Å². The van der Waals surface area contributed by atoms with Crippen LogP contribution in [0.3, 0.4) is 0 Å². The van der Waals surface area contributed by atoms with Gasteiger partial charge in [0.15, 0.2) is 0 Å². The van der Waals surface area contributed by atoms with Crippen LogP contribution >= 0.6 is 11.8 Å². The fraction of sp³-hybridized carbons (Fsp3) is 0.400. The Balaban J connectivity index is 2.59. The van der Waals surface area contributed by atoms with E-state index in [1.807, 2.05) is 6.92 Å². The molecule has 1 unspecified atom stereocenters. The SMILES string of the molecule is CC1N=CC=CN1Cl. The van der Waals surface area contributed by atoms with E-state index in [2.05, 4.69) is 4.99 Å². The maximum absolute atomic E-state index is 5.60. The third-order valence-corrected chi connectivity index (χ3v) is 1.37. The van der Waals surface area contributed by atoms with Crippen molar-refractivity contribution in [2.24, 2.45) is 4.99 Å². The highest BCUT2D eigenvalue weighted by atomic mass is 35.5. The fourth-order valence-electron chi connectivity index (χ4n) is 0.483. The highest BCUT2D eigenvalue weighted by Gasteiger charge is 2.04. The van der Waals surface area contributed by atoms with Crippen LogP contribution in [0.2, 0.25) is 0 Å². The molecule has 0 aromatic heterocycles. The van der Waals surface area contributed by atoms with Crippen LogP contribution in [-0.4, -0.2) is 16.8 Å². The number of rotatable bonds is 0. The standard InChI is InChI=1S/C5H7ClN2/c1-5-7-3-2-4-8(5)6/h2-5H,1H3. The van der Waals surface area contributed by atoms with Gasteiger partial charge >= 0.3 is 0 Å². The average molecular weight is 131 g/mol. The Kier molecular flexibility index (Phi) is 1.53. The minimum atomic E-state index is 0.0849. The molecule has 8 heavy (non-hydrogen) atoms. The second kappa shape index (κ2) is 2.18. The van der Waals surface area contributed by atoms with Gasteiger partial charge in [0, 0.05) is 24.2 Å². The Labute approximate surface area is 53.6 Å². The highest BCUT2D eigenvalue weighted by molar-refractivity contribution is 6.14. The Morgan fingerprint density at radius 1 is 1.75 bits per heavy atom. The third kappa shape index (κ3) is 1.01. The molecule has 1 rings (SSSR count). The Bertz CT molecular complexity index is 114. The maximum Gasteiger partial charge on any atom is 0.132 e. The van der Waals surface area contributed by atoms with Crippen LogP contribution in [0, 0.1) is 0 Å². The van der Waals surface area contributed by atoms with E-state index in [0.717, 1.165) is 0 Å². The first-order valence-corrected chi connectivity index (χ1v) is 2.78. The highest BCUT2D eigenvalue weighted by Crippen LogP contribution is 2.06. The zero-order valence-electron chi connectivity index (χ0n) is 4.58.